The van der Waals surface area contributed by atoms with E-state index in [9.17, 15) is 5.11 Å². The first-order chi connectivity index (χ1) is 4.52. The highest BCUT2D eigenvalue weighted by molar-refractivity contribution is 7.99. The highest BCUT2D eigenvalue weighted by Gasteiger charge is 1.88. The van der Waals surface area contributed by atoms with E-state index in [-0.39, 0.29) is 0 Å². The van der Waals surface area contributed by atoms with E-state index in [0.717, 1.165) is 16.9 Å². The molecule has 0 aliphatic rings. The molecule has 1 nitrogen and oxygen atoms in total. The maximum absolute atomic E-state index is 9.22. The molecular weight excluding hydrogens is 144 g/mol. The van der Waals surface area contributed by atoms with Crippen LogP contribution in [0.5, 0.6) is 0 Å². The van der Waals surface area contributed by atoms with E-state index in [0.29, 0.717) is 10.3 Å². The molecule has 0 bridgehead atoms. The smallest absolute Gasteiger partial charge is 0.0929 e. The normalized spacial score (nSPS) is 12.8. The van der Waals surface area contributed by atoms with E-state index in [1.165, 1.54) is 0 Å². The summed E-state index contributed by atoms with van der Waals surface area (Å²) in [5.41, 5.74) is 1.14. The van der Waals surface area contributed by atoms with Crippen molar-refractivity contribution in [2.75, 3.05) is 0 Å². The third-order valence-corrected chi connectivity index (χ3v) is 1.72. The van der Waals surface area contributed by atoms with E-state index in [4.69, 9.17) is 0 Å². The second-order valence-electron chi connectivity index (χ2n) is 2.80. The maximum Gasteiger partial charge on any atom is 0.0929 e. The summed E-state index contributed by atoms with van der Waals surface area (Å²) >= 11 is 1.01. The van der Waals surface area contributed by atoms with Gasteiger partial charge in [0.1, 0.15) is 0 Å². The summed E-state index contributed by atoms with van der Waals surface area (Å²) in [4.78, 5) is 0. The fourth-order valence-electron chi connectivity index (χ4n) is 0.560. The zero-order valence-corrected chi connectivity index (χ0v) is 7.94. The number of rotatable bonds is 2. The Morgan fingerprint density at radius 1 is 1.40 bits per heavy atom. The third kappa shape index (κ3) is 6.05. The Labute approximate surface area is 66.7 Å². The first-order valence-electron chi connectivity index (χ1n) is 3.44. The molecule has 0 aromatic carbocycles. The highest BCUT2D eigenvalue weighted by Crippen LogP contribution is 2.01. The minimum Gasteiger partial charge on any atom is -0.356 e. The van der Waals surface area contributed by atoms with Gasteiger partial charge in [-0.1, -0.05) is 19.4 Å². The van der Waals surface area contributed by atoms with E-state index in [1.807, 2.05) is 19.9 Å². The molecule has 0 atom stereocenters. The monoisotopic (exact) mass is 160 g/mol. The Bertz CT molecular complexity index is 153. The average molecular weight is 160 g/mol. The number of hydrogen-bond acceptors (Lipinski definition) is 0. The van der Waals surface area contributed by atoms with E-state index in [1.54, 1.807) is 0 Å². The Kier molecular flexibility index (Phi) is 4.65. The van der Waals surface area contributed by atoms with Crippen LogP contribution in [-0.4, -0.2) is 15.4 Å². The molecule has 0 spiro atoms. The Morgan fingerprint density at radius 3 is 2.20 bits per heavy atom. The molecule has 0 aliphatic heterocycles. The van der Waals surface area contributed by atoms with Gasteiger partial charge in [0.05, 0.1) is 5.05 Å². The molecule has 0 heterocycles. The lowest BCUT2D eigenvalue weighted by Crippen LogP contribution is -1.92. The second-order valence-corrected chi connectivity index (χ2v) is 4.55. The molecule has 0 aromatic rings. The van der Waals surface area contributed by atoms with Crippen LogP contribution < -0.4 is 0 Å². The molecule has 0 rings (SSSR count). The number of aliphatic hydroxyl groups is 1. The lowest BCUT2D eigenvalue weighted by Gasteiger charge is -1.97. The van der Waals surface area contributed by atoms with Crippen molar-refractivity contribution >= 4 is 16.4 Å². The summed E-state index contributed by atoms with van der Waals surface area (Å²) in [6.45, 7) is 8.12. The summed E-state index contributed by atoms with van der Waals surface area (Å²) in [5, 5.41) is 10.2. The summed E-state index contributed by atoms with van der Waals surface area (Å²) in [6, 6.07) is 0. The number of allylic oxidation sites excluding steroid dienone is 1. The second kappa shape index (κ2) is 4.69. The van der Waals surface area contributed by atoms with Crippen molar-refractivity contribution in [3.63, 3.8) is 0 Å². The van der Waals surface area contributed by atoms with Crippen molar-refractivity contribution in [2.45, 2.75) is 32.9 Å². The van der Waals surface area contributed by atoms with Crippen LogP contribution in [0.4, 0.5) is 0 Å². The van der Waals surface area contributed by atoms with Gasteiger partial charge in [-0.25, -0.2) is 0 Å². The molecule has 10 heavy (non-hydrogen) atoms. The van der Waals surface area contributed by atoms with Gasteiger partial charge in [0.2, 0.25) is 0 Å². The molecule has 2 heteroatoms. The highest BCUT2D eigenvalue weighted by atomic mass is 32.1. The summed E-state index contributed by atoms with van der Waals surface area (Å²) in [7, 11) is 0. The van der Waals surface area contributed by atoms with Crippen molar-refractivity contribution in [1.29, 1.82) is 0 Å². The van der Waals surface area contributed by atoms with E-state index < -0.39 is 0 Å². The minimum atomic E-state index is 0.468. The lowest BCUT2D eigenvalue weighted by molar-refractivity contribution is 0.573. The SMILES string of the molecule is CC(C)=CC(O)=[SH]C(C)C. The molecule has 1 N–H and O–H groups in total. The van der Waals surface area contributed by atoms with Crippen LogP contribution in [0, 0.1) is 0 Å². The van der Waals surface area contributed by atoms with Gasteiger partial charge in [-0.05, 0) is 25.2 Å². The lowest BCUT2D eigenvalue weighted by atomic mass is 10.3. The summed E-state index contributed by atoms with van der Waals surface area (Å²) < 4.78 is 0. The predicted molar refractivity (Wildman–Crippen MR) is 51.2 cm³/mol. The zero-order valence-electron chi connectivity index (χ0n) is 7.05. The van der Waals surface area contributed by atoms with Crippen LogP contribution in [0.15, 0.2) is 11.6 Å². The number of aliphatic hydroxyl groups excluding tert-OH is 1. The van der Waals surface area contributed by atoms with Crippen molar-refractivity contribution in [3.8, 4) is 0 Å². The first-order valence-corrected chi connectivity index (χ1v) is 4.40. The Morgan fingerprint density at radius 2 is 1.90 bits per heavy atom. The van der Waals surface area contributed by atoms with Gasteiger partial charge >= 0.3 is 0 Å². The van der Waals surface area contributed by atoms with Crippen LogP contribution in [0.1, 0.15) is 27.7 Å². The molecule has 0 amide bonds. The third-order valence-electron chi connectivity index (χ3n) is 0.808. The van der Waals surface area contributed by atoms with Gasteiger partial charge in [-0.2, -0.15) is 11.4 Å². The molecule has 0 aliphatic carbocycles. The van der Waals surface area contributed by atoms with E-state index >= 15 is 0 Å². The van der Waals surface area contributed by atoms with Crippen LogP contribution >= 0.6 is 11.4 Å². The molecule has 60 valence electrons. The maximum atomic E-state index is 9.22. The molecular formula is C8H16OS. The molecule has 0 fully saturated rings. The molecule has 0 saturated carbocycles. The van der Waals surface area contributed by atoms with Gasteiger partial charge < -0.3 is 5.11 Å². The van der Waals surface area contributed by atoms with Gasteiger partial charge in [0.25, 0.3) is 0 Å². The van der Waals surface area contributed by atoms with Crippen molar-refractivity contribution in [1.82, 2.24) is 0 Å². The van der Waals surface area contributed by atoms with Gasteiger partial charge in [0, 0.05) is 0 Å². The fourth-order valence-corrected chi connectivity index (χ4v) is 1.42. The molecule has 0 saturated heterocycles. The Hall–Kier alpha value is -0.0800. The van der Waals surface area contributed by atoms with Crippen LogP contribution in [0.2, 0.25) is 0 Å². The topological polar surface area (TPSA) is 20.2 Å². The minimum absolute atomic E-state index is 0.468. The number of hydrogen-bond donors (Lipinski definition) is 2. The average Bonchev–Trinajstić information content (AvgIpc) is 1.58. The molecule has 0 radical (unpaired) electrons. The predicted octanol–water partition coefficient (Wildman–Crippen LogP) is 2.51. The van der Waals surface area contributed by atoms with Crippen molar-refractivity contribution in [3.05, 3.63) is 11.6 Å². The van der Waals surface area contributed by atoms with E-state index in [2.05, 4.69) is 13.8 Å². The standard InChI is InChI=1S/C8H16OS/c1-6(2)5-8(9)10-7(3)4/h5,7,9-10H,1-4H3. The van der Waals surface area contributed by atoms with Gasteiger partial charge in [-0.15, -0.1) is 0 Å². The summed E-state index contributed by atoms with van der Waals surface area (Å²) in [6.07, 6.45) is 1.81. The van der Waals surface area contributed by atoms with Gasteiger partial charge in [-0.3, -0.25) is 0 Å². The number of thiol groups is 1. The Balaban J connectivity index is 4.08. The van der Waals surface area contributed by atoms with Crippen LogP contribution in [0.3, 0.4) is 0 Å². The first kappa shape index (κ1) is 9.92. The fraction of sp³-hybridized carbons (Fsp3) is 0.625. The molecule has 0 aromatic heterocycles. The largest absolute Gasteiger partial charge is 0.356 e. The van der Waals surface area contributed by atoms with Crippen LogP contribution in [-0.2, 0) is 0 Å². The zero-order chi connectivity index (χ0) is 8.15. The molecule has 0 unspecified atom stereocenters. The van der Waals surface area contributed by atoms with Crippen LogP contribution in [0.25, 0.3) is 0 Å². The van der Waals surface area contributed by atoms with Crippen molar-refractivity contribution < 1.29 is 5.11 Å². The van der Waals surface area contributed by atoms with Crippen molar-refractivity contribution in [2.24, 2.45) is 0 Å². The van der Waals surface area contributed by atoms with Gasteiger partial charge in [0.15, 0.2) is 0 Å². The summed E-state index contributed by atoms with van der Waals surface area (Å²) in [5.74, 6) is 0. The quantitative estimate of drug-likeness (QED) is 0.361.